The highest BCUT2D eigenvalue weighted by Crippen LogP contribution is 2.39. The lowest BCUT2D eigenvalue weighted by atomic mass is 9.79. The maximum atomic E-state index is 13.8. The van der Waals surface area contributed by atoms with Gasteiger partial charge >= 0.3 is 6.18 Å². The van der Waals surface area contributed by atoms with Crippen LogP contribution in [0.4, 0.5) is 24.8 Å². The van der Waals surface area contributed by atoms with Crippen molar-refractivity contribution in [2.45, 2.75) is 70.6 Å². The minimum Gasteiger partial charge on any atom is -0.384 e. The number of nitrogens with one attached hydrogen (secondary N) is 2. The number of aryl methyl sites for hydroxylation is 2. The zero-order chi connectivity index (χ0) is 25.2. The number of nitrogens with zero attached hydrogens (tertiary/aromatic N) is 3. The molecular formula is C24H33Cl2F3N6O2. The Morgan fingerprint density at radius 3 is 2.54 bits per heavy atom. The highest BCUT2D eigenvalue weighted by atomic mass is 35.5. The third-order valence-electron chi connectivity index (χ3n) is 7.16. The van der Waals surface area contributed by atoms with Gasteiger partial charge in [-0.3, -0.25) is 14.2 Å². The van der Waals surface area contributed by atoms with Crippen LogP contribution in [0.3, 0.4) is 0 Å². The monoisotopic (exact) mass is 564 g/mol. The Kier molecular flexibility index (Phi) is 10.6. The van der Waals surface area contributed by atoms with Crippen molar-refractivity contribution < 1.29 is 18.0 Å². The van der Waals surface area contributed by atoms with Crippen molar-refractivity contribution in [2.24, 2.45) is 11.8 Å². The Labute approximate surface area is 225 Å². The molecule has 0 saturated heterocycles. The van der Waals surface area contributed by atoms with Crippen LogP contribution in [0.15, 0.2) is 23.1 Å². The summed E-state index contributed by atoms with van der Waals surface area (Å²) in [6, 6.07) is 2.68. The summed E-state index contributed by atoms with van der Waals surface area (Å²) >= 11 is 0. The van der Waals surface area contributed by atoms with E-state index in [4.69, 9.17) is 5.73 Å². The van der Waals surface area contributed by atoms with Gasteiger partial charge in [0.2, 0.25) is 5.91 Å². The van der Waals surface area contributed by atoms with E-state index >= 15 is 0 Å². The number of hydrogen-bond donors (Lipinski definition) is 3. The fourth-order valence-corrected chi connectivity index (χ4v) is 5.20. The van der Waals surface area contributed by atoms with Gasteiger partial charge < -0.3 is 16.4 Å². The molecule has 0 bridgehead atoms. The lowest BCUT2D eigenvalue weighted by Gasteiger charge is -2.32. The summed E-state index contributed by atoms with van der Waals surface area (Å²) < 4.78 is 42.6. The number of nitrogens with two attached hydrogens (primary N) is 1. The van der Waals surface area contributed by atoms with Crippen LogP contribution in [0.25, 0.3) is 0 Å². The topological polar surface area (TPSA) is 115 Å². The van der Waals surface area contributed by atoms with Gasteiger partial charge in [0.25, 0.3) is 5.56 Å². The molecule has 1 amide bonds. The van der Waals surface area contributed by atoms with Gasteiger partial charge in [-0.25, -0.2) is 9.97 Å². The lowest BCUT2D eigenvalue weighted by molar-refractivity contribution is -0.187. The molecule has 0 unspecified atom stereocenters. The highest BCUT2D eigenvalue weighted by Gasteiger charge is 2.44. The number of fused-ring (bicyclic) bond motifs is 1. The number of aromatic nitrogens is 3. The summed E-state index contributed by atoms with van der Waals surface area (Å²) in [4.78, 5) is 34.3. The number of hydrogen-bond acceptors (Lipinski definition) is 6. The van der Waals surface area contributed by atoms with Crippen LogP contribution >= 0.6 is 24.8 Å². The van der Waals surface area contributed by atoms with Crippen LogP contribution in [0.1, 0.15) is 61.5 Å². The van der Waals surface area contributed by atoms with Gasteiger partial charge in [-0.05, 0) is 50.2 Å². The smallest absolute Gasteiger partial charge is 0.384 e. The predicted octanol–water partition coefficient (Wildman–Crippen LogP) is 4.35. The number of anilines is 2. The van der Waals surface area contributed by atoms with E-state index in [1.807, 2.05) is 0 Å². The molecule has 8 nitrogen and oxygen atoms in total. The second-order valence-corrected chi connectivity index (χ2v) is 9.45. The first-order valence-electron chi connectivity index (χ1n) is 12.1. The molecule has 2 atom stereocenters. The first-order chi connectivity index (χ1) is 16.6. The Bertz CT molecular complexity index is 1140. The van der Waals surface area contributed by atoms with E-state index in [9.17, 15) is 22.8 Å². The van der Waals surface area contributed by atoms with Crippen LogP contribution < -0.4 is 21.9 Å². The van der Waals surface area contributed by atoms with Crippen LogP contribution in [0.5, 0.6) is 0 Å². The largest absolute Gasteiger partial charge is 0.393 e. The van der Waals surface area contributed by atoms with E-state index in [2.05, 4.69) is 20.6 Å². The number of carbonyl (C=O) groups is 1. The molecule has 1 aliphatic carbocycles. The van der Waals surface area contributed by atoms with Crippen molar-refractivity contribution in [3.63, 3.8) is 0 Å². The molecule has 0 spiro atoms. The number of nitrogen functional groups attached to an aromatic ring is 1. The van der Waals surface area contributed by atoms with E-state index in [1.54, 1.807) is 19.1 Å². The molecule has 0 aromatic carbocycles. The Morgan fingerprint density at radius 2 is 1.89 bits per heavy atom. The number of alkyl halides is 3. The zero-order valence-electron chi connectivity index (χ0n) is 20.5. The van der Waals surface area contributed by atoms with E-state index in [0.717, 1.165) is 24.8 Å². The first-order valence-corrected chi connectivity index (χ1v) is 12.1. The maximum absolute atomic E-state index is 13.8. The van der Waals surface area contributed by atoms with Gasteiger partial charge in [-0.2, -0.15) is 13.2 Å². The normalized spacial score (nSPS) is 18.2. The summed E-state index contributed by atoms with van der Waals surface area (Å²) in [6.07, 6.45) is 1.61. The van der Waals surface area contributed by atoms with Gasteiger partial charge in [0.1, 0.15) is 11.9 Å². The van der Waals surface area contributed by atoms with Crippen LogP contribution in [0, 0.1) is 18.8 Å². The SMILES string of the molecule is Cc1nc(N)ccc1CNC(=O)[C@@H]1CCc2cnc(NC[C@H](C3CCCCC3)C(F)(F)F)c(=O)n21.Cl.Cl. The molecule has 13 heteroatoms. The number of amides is 1. The van der Waals surface area contributed by atoms with Gasteiger partial charge in [-0.15, -0.1) is 24.8 Å². The third-order valence-corrected chi connectivity index (χ3v) is 7.16. The lowest BCUT2D eigenvalue weighted by Crippen LogP contribution is -2.39. The fraction of sp³-hybridized carbons (Fsp3) is 0.583. The Morgan fingerprint density at radius 1 is 1.19 bits per heavy atom. The molecular weight excluding hydrogens is 532 g/mol. The summed E-state index contributed by atoms with van der Waals surface area (Å²) in [5, 5.41) is 5.49. The molecule has 206 valence electrons. The first kappa shape index (κ1) is 30.7. The van der Waals surface area contributed by atoms with Crippen LogP contribution in [-0.2, 0) is 17.8 Å². The summed E-state index contributed by atoms with van der Waals surface area (Å²) in [6.45, 7) is 1.61. The van der Waals surface area contributed by atoms with Crippen molar-refractivity contribution >= 4 is 42.4 Å². The molecule has 2 aromatic heterocycles. The summed E-state index contributed by atoms with van der Waals surface area (Å²) in [5.74, 6) is -2.11. The summed E-state index contributed by atoms with van der Waals surface area (Å²) in [7, 11) is 0. The van der Waals surface area contributed by atoms with E-state index in [1.165, 1.54) is 10.8 Å². The molecule has 3 heterocycles. The molecule has 2 aliphatic rings. The van der Waals surface area contributed by atoms with E-state index < -0.39 is 36.2 Å². The Hall–Kier alpha value is -2.53. The number of carbonyl (C=O) groups excluding carboxylic acids is 1. The van der Waals surface area contributed by atoms with Gasteiger partial charge in [0.05, 0.1) is 5.92 Å². The molecule has 4 N–H and O–H groups in total. The molecule has 0 radical (unpaired) electrons. The number of halogens is 5. The van der Waals surface area contributed by atoms with Crippen molar-refractivity contribution in [3.8, 4) is 0 Å². The highest BCUT2D eigenvalue weighted by molar-refractivity contribution is 5.85. The number of rotatable bonds is 7. The fourth-order valence-electron chi connectivity index (χ4n) is 5.20. The van der Waals surface area contributed by atoms with Crippen LogP contribution in [0.2, 0.25) is 0 Å². The van der Waals surface area contributed by atoms with Crippen molar-refractivity contribution in [1.29, 1.82) is 0 Å². The predicted molar refractivity (Wildman–Crippen MR) is 140 cm³/mol. The second-order valence-electron chi connectivity index (χ2n) is 9.45. The average Bonchev–Trinajstić information content (AvgIpc) is 3.25. The number of pyridine rings is 1. The van der Waals surface area contributed by atoms with Gasteiger partial charge in [0.15, 0.2) is 5.82 Å². The third kappa shape index (κ3) is 7.07. The van der Waals surface area contributed by atoms with Crippen molar-refractivity contribution in [2.75, 3.05) is 17.6 Å². The maximum Gasteiger partial charge on any atom is 0.393 e. The minimum atomic E-state index is -4.36. The molecule has 37 heavy (non-hydrogen) atoms. The molecule has 2 aromatic rings. The summed E-state index contributed by atoms with van der Waals surface area (Å²) in [5.41, 5.74) is 7.18. The standard InChI is InChI=1S/C24H31F3N6O2.2ClH/c1-14-16(7-10-20(28)32-14)11-31-22(34)19-9-8-17-12-29-21(23(35)33(17)19)30-13-18(24(25,26)27)15-5-3-2-4-6-15;;/h7,10,12,15,18-19H,2-6,8-9,11,13H2,1H3,(H2,28,32)(H,29,30)(H,31,34);2*1H/t18-,19+;;/m1../s1. The van der Waals surface area contributed by atoms with Crippen LogP contribution in [-0.4, -0.2) is 33.2 Å². The van der Waals surface area contributed by atoms with Gasteiger partial charge in [-0.1, -0.05) is 25.3 Å². The van der Waals surface area contributed by atoms with E-state index in [-0.39, 0.29) is 43.1 Å². The zero-order valence-corrected chi connectivity index (χ0v) is 22.1. The van der Waals surface area contributed by atoms with Gasteiger partial charge in [0, 0.05) is 30.7 Å². The molecule has 1 saturated carbocycles. The molecule has 4 rings (SSSR count). The quantitative estimate of drug-likeness (QED) is 0.460. The molecule has 1 fully saturated rings. The second kappa shape index (κ2) is 12.8. The Balaban J connectivity index is 0.00000241. The van der Waals surface area contributed by atoms with Crippen molar-refractivity contribution in [1.82, 2.24) is 19.9 Å². The average molecular weight is 565 g/mol. The van der Waals surface area contributed by atoms with E-state index in [0.29, 0.717) is 42.9 Å². The molecule has 1 aliphatic heterocycles. The minimum absolute atomic E-state index is 0. The van der Waals surface area contributed by atoms with Crippen molar-refractivity contribution in [3.05, 3.63) is 45.6 Å².